The quantitative estimate of drug-likeness (QED) is 0.184. The molecule has 0 aliphatic rings. The van der Waals surface area contributed by atoms with Crippen LogP contribution < -0.4 is 11.7 Å². The van der Waals surface area contributed by atoms with Crippen LogP contribution in [0, 0.1) is 0 Å². The Hall–Kier alpha value is -0.170. The summed E-state index contributed by atoms with van der Waals surface area (Å²) in [6.45, 7) is 3.19. The third kappa shape index (κ3) is 7.83. The molecule has 0 unspecified atom stereocenters. The van der Waals surface area contributed by atoms with Gasteiger partial charge in [-0.05, 0) is 6.08 Å². The Morgan fingerprint density at radius 3 is 1.89 bits per heavy atom. The number of carbonyl (C=O) groups is 1. The van der Waals surface area contributed by atoms with E-state index in [9.17, 15) is 4.79 Å². The molecule has 0 radical (unpaired) electrons. The molecular weight excluding hydrogens is 158 g/mol. The van der Waals surface area contributed by atoms with Crippen molar-refractivity contribution < 1.29 is 4.79 Å². The van der Waals surface area contributed by atoms with Crippen molar-refractivity contribution in [3.8, 4) is 0 Å². The van der Waals surface area contributed by atoms with Crippen LogP contribution in [0.1, 0.15) is 0 Å². The van der Waals surface area contributed by atoms with Gasteiger partial charge < -0.3 is 0 Å². The Kier molecular flexibility index (Phi) is 10.1. The highest BCUT2D eigenvalue weighted by Gasteiger charge is 1.94. The lowest BCUT2D eigenvalue weighted by molar-refractivity contribution is -0.117. The minimum atomic E-state index is -0.327. The van der Waals surface area contributed by atoms with E-state index in [1.54, 1.807) is 0 Å². The molecule has 1 amide bonds. The largest absolute Gasteiger partial charge is 0.274 e. The molecule has 6 heteroatoms. The average Bonchev–Trinajstić information content (AvgIpc) is 1.91. The van der Waals surface area contributed by atoms with Crippen molar-refractivity contribution >= 4 is 31.5 Å². The van der Waals surface area contributed by atoms with Crippen LogP contribution in [0.2, 0.25) is 0 Å². The number of hydrazine groups is 1. The van der Waals surface area contributed by atoms with Crippen molar-refractivity contribution in [3.63, 3.8) is 0 Å². The molecule has 0 saturated carbocycles. The zero-order valence-corrected chi connectivity index (χ0v) is 6.48. The third-order valence-electron chi connectivity index (χ3n) is 0.372. The van der Waals surface area contributed by atoms with Crippen LogP contribution >= 0.6 is 25.6 Å². The second kappa shape index (κ2) is 7.83. The molecule has 54 valence electrons. The van der Waals surface area contributed by atoms with E-state index in [2.05, 4.69) is 43.9 Å². The highest BCUT2D eigenvalue weighted by Crippen LogP contribution is 1.96. The SMILES string of the molecule is C=CC(=O)N(S)S.NN. The van der Waals surface area contributed by atoms with Crippen LogP contribution in [0.3, 0.4) is 0 Å². The van der Waals surface area contributed by atoms with E-state index in [4.69, 9.17) is 0 Å². The number of amides is 1. The Bertz CT molecular complexity index is 95.1. The van der Waals surface area contributed by atoms with Gasteiger partial charge in [0.05, 0.1) is 0 Å². The zero-order valence-electron chi connectivity index (χ0n) is 4.69. The van der Waals surface area contributed by atoms with Gasteiger partial charge in [0.1, 0.15) is 0 Å². The van der Waals surface area contributed by atoms with Crippen LogP contribution in [0.25, 0.3) is 0 Å². The van der Waals surface area contributed by atoms with Gasteiger partial charge >= 0.3 is 0 Å². The fourth-order valence-electron chi connectivity index (χ4n) is 0.0816. The van der Waals surface area contributed by atoms with E-state index >= 15 is 0 Å². The van der Waals surface area contributed by atoms with Crippen LogP contribution in [0.5, 0.6) is 0 Å². The van der Waals surface area contributed by atoms with Gasteiger partial charge in [-0.2, -0.15) is 0 Å². The van der Waals surface area contributed by atoms with Gasteiger partial charge in [0.25, 0.3) is 5.91 Å². The standard InChI is InChI=1S/C3H5NOS2.H4N2/c1-2-3(5)4(6)7;1-2/h2,6-7H,1H2;1-2H2. The Morgan fingerprint density at radius 1 is 1.56 bits per heavy atom. The summed E-state index contributed by atoms with van der Waals surface area (Å²) < 4.78 is 0.854. The van der Waals surface area contributed by atoms with Crippen molar-refractivity contribution in [1.29, 1.82) is 0 Å². The Balaban J connectivity index is 0. The second-order valence-corrected chi connectivity index (χ2v) is 1.95. The van der Waals surface area contributed by atoms with Gasteiger partial charge in [-0.3, -0.25) is 16.5 Å². The molecule has 0 heterocycles. The van der Waals surface area contributed by atoms with Crippen molar-refractivity contribution in [3.05, 3.63) is 12.7 Å². The third-order valence-corrected chi connectivity index (χ3v) is 0.766. The molecule has 0 bridgehead atoms. The van der Waals surface area contributed by atoms with Crippen LogP contribution in [0.15, 0.2) is 12.7 Å². The Morgan fingerprint density at radius 2 is 1.89 bits per heavy atom. The first-order chi connectivity index (χ1) is 4.18. The van der Waals surface area contributed by atoms with Crippen molar-refractivity contribution in [2.45, 2.75) is 0 Å². The molecule has 0 atom stereocenters. The fourth-order valence-corrected chi connectivity index (χ4v) is 0.245. The number of carbonyl (C=O) groups excluding carboxylic acids is 1. The molecule has 9 heavy (non-hydrogen) atoms. The molecule has 0 rings (SSSR count). The van der Waals surface area contributed by atoms with Crippen LogP contribution in [-0.4, -0.2) is 9.62 Å². The van der Waals surface area contributed by atoms with Gasteiger partial charge in [-0.1, -0.05) is 32.2 Å². The lowest BCUT2D eigenvalue weighted by Gasteiger charge is -1.99. The summed E-state index contributed by atoms with van der Waals surface area (Å²) in [5.41, 5.74) is 0. The number of thiol groups is 2. The van der Waals surface area contributed by atoms with E-state index in [1.807, 2.05) is 0 Å². The first-order valence-corrected chi connectivity index (χ1v) is 2.66. The number of hydrogen-bond donors (Lipinski definition) is 4. The van der Waals surface area contributed by atoms with Crippen molar-refractivity contribution in [1.82, 2.24) is 3.71 Å². The summed E-state index contributed by atoms with van der Waals surface area (Å²) in [4.78, 5) is 10.2. The number of nitrogens with two attached hydrogens (primary N) is 2. The number of hydrogen-bond acceptors (Lipinski definition) is 5. The molecule has 0 aliphatic heterocycles. The van der Waals surface area contributed by atoms with E-state index in [-0.39, 0.29) is 5.91 Å². The number of nitrogens with zero attached hydrogens (tertiary/aromatic N) is 1. The molecule has 0 aromatic carbocycles. The van der Waals surface area contributed by atoms with Crippen LogP contribution in [0.4, 0.5) is 0 Å². The summed E-state index contributed by atoms with van der Waals surface area (Å²) in [6.07, 6.45) is 1.12. The van der Waals surface area contributed by atoms with Gasteiger partial charge in [-0.25, -0.2) is 3.71 Å². The molecular formula is C3H9N3OS2. The molecule has 0 aliphatic carbocycles. The van der Waals surface area contributed by atoms with E-state index < -0.39 is 0 Å². The van der Waals surface area contributed by atoms with Gasteiger partial charge in [0.15, 0.2) is 0 Å². The molecule has 0 spiro atoms. The average molecular weight is 167 g/mol. The number of rotatable bonds is 1. The van der Waals surface area contributed by atoms with Crippen molar-refractivity contribution in [2.75, 3.05) is 0 Å². The maximum absolute atomic E-state index is 10.2. The summed E-state index contributed by atoms with van der Waals surface area (Å²) in [5.74, 6) is 7.67. The lowest BCUT2D eigenvalue weighted by Crippen LogP contribution is -2.05. The zero-order chi connectivity index (χ0) is 7.86. The first-order valence-electron chi connectivity index (χ1n) is 1.86. The maximum atomic E-state index is 10.2. The molecule has 4 N–H and O–H groups in total. The predicted molar refractivity (Wildman–Crippen MR) is 43.4 cm³/mol. The van der Waals surface area contributed by atoms with Gasteiger partial charge in [0, 0.05) is 0 Å². The topological polar surface area (TPSA) is 72.3 Å². The first kappa shape index (κ1) is 11.6. The van der Waals surface area contributed by atoms with Crippen molar-refractivity contribution in [2.24, 2.45) is 11.7 Å². The minimum absolute atomic E-state index is 0.327. The van der Waals surface area contributed by atoms with E-state index in [1.165, 1.54) is 0 Å². The molecule has 0 aromatic heterocycles. The predicted octanol–water partition coefficient (Wildman–Crippen LogP) is -0.491. The minimum Gasteiger partial charge on any atom is -0.274 e. The van der Waals surface area contributed by atoms with Crippen LogP contribution in [-0.2, 0) is 4.79 Å². The fraction of sp³-hybridized carbons (Fsp3) is 0. The summed E-state index contributed by atoms with van der Waals surface area (Å²) in [7, 11) is 0. The normalized spacial score (nSPS) is 6.67. The van der Waals surface area contributed by atoms with E-state index in [0.717, 1.165) is 9.79 Å². The molecule has 0 fully saturated rings. The molecule has 0 aromatic rings. The summed E-state index contributed by atoms with van der Waals surface area (Å²) in [6, 6.07) is 0. The smallest absolute Gasteiger partial charge is 0.265 e. The summed E-state index contributed by atoms with van der Waals surface area (Å²) >= 11 is 7.10. The van der Waals surface area contributed by atoms with E-state index in [0.29, 0.717) is 0 Å². The van der Waals surface area contributed by atoms with Gasteiger partial charge in [-0.15, -0.1) is 0 Å². The Labute approximate surface area is 64.9 Å². The highest BCUT2D eigenvalue weighted by atomic mass is 32.2. The highest BCUT2D eigenvalue weighted by molar-refractivity contribution is 7.94. The summed E-state index contributed by atoms with van der Waals surface area (Å²) in [5, 5.41) is 0. The second-order valence-electron chi connectivity index (χ2n) is 0.832. The maximum Gasteiger partial charge on any atom is 0.265 e. The lowest BCUT2D eigenvalue weighted by atomic mass is 10.6. The molecule has 0 saturated heterocycles. The molecule has 4 nitrogen and oxygen atoms in total. The monoisotopic (exact) mass is 167 g/mol. The van der Waals surface area contributed by atoms with Gasteiger partial charge in [0.2, 0.25) is 0 Å².